The Bertz CT molecular complexity index is 817. The molecule has 1 amide bonds. The molecule has 1 aromatic carbocycles. The van der Waals surface area contributed by atoms with E-state index in [0.29, 0.717) is 19.4 Å². The predicted molar refractivity (Wildman–Crippen MR) is 97.6 cm³/mol. The minimum atomic E-state index is -0.259. The van der Waals surface area contributed by atoms with Crippen molar-refractivity contribution in [1.82, 2.24) is 29.6 Å². The molecule has 1 unspecified atom stereocenters. The number of benzene rings is 1. The van der Waals surface area contributed by atoms with Gasteiger partial charge in [0.2, 0.25) is 5.91 Å². The van der Waals surface area contributed by atoms with Crippen molar-refractivity contribution < 1.29 is 14.7 Å². The summed E-state index contributed by atoms with van der Waals surface area (Å²) in [4.78, 5) is 29.0. The average Bonchev–Trinajstić information content (AvgIpc) is 3.33. The van der Waals surface area contributed by atoms with Crippen molar-refractivity contribution in [2.75, 3.05) is 0 Å². The fourth-order valence-corrected chi connectivity index (χ4v) is 2.58. The first-order valence-corrected chi connectivity index (χ1v) is 8.37. The molecule has 0 bridgehead atoms. The van der Waals surface area contributed by atoms with Crippen molar-refractivity contribution in [3.05, 3.63) is 66.8 Å². The Morgan fingerprint density at radius 1 is 1.33 bits per heavy atom. The predicted octanol–water partition coefficient (Wildman–Crippen LogP) is 1.40. The van der Waals surface area contributed by atoms with Gasteiger partial charge in [-0.25, -0.2) is 9.97 Å². The zero-order valence-electron chi connectivity index (χ0n) is 15.0. The summed E-state index contributed by atoms with van der Waals surface area (Å²) in [6, 6.07) is 9.61. The van der Waals surface area contributed by atoms with Crippen LogP contribution in [0.3, 0.4) is 0 Å². The van der Waals surface area contributed by atoms with Gasteiger partial charge >= 0.3 is 0 Å². The van der Waals surface area contributed by atoms with Crippen molar-refractivity contribution in [2.24, 2.45) is 7.05 Å². The lowest BCUT2D eigenvalue weighted by Crippen LogP contribution is -2.31. The maximum absolute atomic E-state index is 12.4. The van der Waals surface area contributed by atoms with Crippen LogP contribution in [0.15, 0.2) is 55.4 Å². The van der Waals surface area contributed by atoms with Gasteiger partial charge in [-0.1, -0.05) is 30.3 Å². The molecule has 2 aromatic heterocycles. The topological polar surface area (TPSA) is 115 Å². The van der Waals surface area contributed by atoms with Crippen LogP contribution in [0.5, 0.6) is 0 Å². The molecule has 1 atom stereocenters. The first kappa shape index (κ1) is 19.8. The maximum atomic E-state index is 12.4. The normalized spacial score (nSPS) is 11.1. The van der Waals surface area contributed by atoms with Crippen molar-refractivity contribution >= 4 is 12.4 Å². The van der Waals surface area contributed by atoms with Crippen LogP contribution in [0, 0.1) is 0 Å². The fraction of sp³-hybridized carbons (Fsp3) is 0.278. The number of aromatic nitrogens is 5. The summed E-state index contributed by atoms with van der Waals surface area (Å²) in [6.45, 7) is 0.422. The second-order valence-corrected chi connectivity index (χ2v) is 5.68. The largest absolute Gasteiger partial charge is 0.483 e. The third-order valence-corrected chi connectivity index (χ3v) is 3.81. The van der Waals surface area contributed by atoms with Crippen molar-refractivity contribution in [1.29, 1.82) is 0 Å². The number of hydrogen-bond donors (Lipinski definition) is 2. The molecule has 0 radical (unpaired) electrons. The summed E-state index contributed by atoms with van der Waals surface area (Å²) in [5, 5.41) is 14.0. The van der Waals surface area contributed by atoms with E-state index in [-0.39, 0.29) is 18.4 Å². The molecule has 0 aliphatic rings. The fourth-order valence-electron chi connectivity index (χ4n) is 2.58. The van der Waals surface area contributed by atoms with Gasteiger partial charge < -0.3 is 15.0 Å². The van der Waals surface area contributed by atoms with Crippen LogP contribution in [0.4, 0.5) is 0 Å². The summed E-state index contributed by atoms with van der Waals surface area (Å²) in [5.74, 6) is 0.804. The van der Waals surface area contributed by atoms with Gasteiger partial charge in [0, 0.05) is 32.4 Å². The second kappa shape index (κ2) is 10.5. The molecule has 0 spiro atoms. The lowest BCUT2D eigenvalue weighted by Gasteiger charge is -2.19. The molecular formula is C18H22N6O3. The molecule has 9 heteroatoms. The Labute approximate surface area is 156 Å². The van der Waals surface area contributed by atoms with Gasteiger partial charge in [0.05, 0.1) is 0 Å². The zero-order valence-corrected chi connectivity index (χ0v) is 15.0. The van der Waals surface area contributed by atoms with Crippen LogP contribution in [0.25, 0.3) is 0 Å². The Kier molecular flexibility index (Phi) is 7.70. The Morgan fingerprint density at radius 2 is 2.07 bits per heavy atom. The lowest BCUT2D eigenvalue weighted by molar-refractivity contribution is -0.123. The third-order valence-electron chi connectivity index (χ3n) is 3.81. The molecule has 0 aliphatic carbocycles. The minimum absolute atomic E-state index is 0.00744. The maximum Gasteiger partial charge on any atom is 0.290 e. The number of imidazole rings is 1. The van der Waals surface area contributed by atoms with E-state index in [2.05, 4.69) is 20.4 Å². The van der Waals surface area contributed by atoms with Crippen LogP contribution in [-0.2, 0) is 23.2 Å². The van der Waals surface area contributed by atoms with Gasteiger partial charge in [-0.3, -0.25) is 14.3 Å². The third kappa shape index (κ3) is 6.07. The van der Waals surface area contributed by atoms with Gasteiger partial charge in [0.25, 0.3) is 6.47 Å². The number of nitrogens with zero attached hydrogens (tertiary/aromatic N) is 5. The van der Waals surface area contributed by atoms with Crippen LogP contribution < -0.4 is 5.32 Å². The monoisotopic (exact) mass is 370 g/mol. The molecule has 3 rings (SSSR count). The highest BCUT2D eigenvalue weighted by Gasteiger charge is 2.20. The van der Waals surface area contributed by atoms with E-state index in [9.17, 15) is 4.79 Å². The van der Waals surface area contributed by atoms with Crippen LogP contribution in [-0.4, -0.2) is 41.8 Å². The van der Waals surface area contributed by atoms with Gasteiger partial charge in [0.1, 0.15) is 24.5 Å². The summed E-state index contributed by atoms with van der Waals surface area (Å²) < 4.78 is 3.65. The van der Waals surface area contributed by atoms with Crippen LogP contribution in [0.1, 0.15) is 30.3 Å². The molecule has 3 aromatic rings. The van der Waals surface area contributed by atoms with Gasteiger partial charge in [0.15, 0.2) is 0 Å². The number of carbonyl (C=O) groups excluding carboxylic acids is 1. The molecule has 27 heavy (non-hydrogen) atoms. The highest BCUT2D eigenvalue weighted by atomic mass is 16.3. The van der Waals surface area contributed by atoms with E-state index in [1.54, 1.807) is 17.2 Å². The number of rotatable bonds is 7. The van der Waals surface area contributed by atoms with Gasteiger partial charge in [-0.05, 0) is 12.0 Å². The number of carbonyl (C=O) groups is 2. The SMILES string of the molecule is Cn1ccnc1C(NC(=O)CCCn1cncn1)c1ccccc1.O=CO. The number of carboxylic acid groups (broad SMARTS) is 1. The first-order chi connectivity index (χ1) is 13.2. The summed E-state index contributed by atoms with van der Waals surface area (Å²) >= 11 is 0. The van der Waals surface area contributed by atoms with E-state index in [1.165, 1.54) is 6.33 Å². The molecule has 142 valence electrons. The molecule has 0 fully saturated rings. The van der Waals surface area contributed by atoms with Crippen molar-refractivity contribution in [3.63, 3.8) is 0 Å². The highest BCUT2D eigenvalue weighted by molar-refractivity contribution is 5.76. The van der Waals surface area contributed by atoms with Crippen LogP contribution >= 0.6 is 0 Å². The Morgan fingerprint density at radius 3 is 2.67 bits per heavy atom. The van der Waals surface area contributed by atoms with Crippen molar-refractivity contribution in [3.8, 4) is 0 Å². The quantitative estimate of drug-likeness (QED) is 0.608. The second-order valence-electron chi connectivity index (χ2n) is 5.68. The molecular weight excluding hydrogens is 348 g/mol. The first-order valence-electron chi connectivity index (χ1n) is 8.37. The summed E-state index contributed by atoms with van der Waals surface area (Å²) in [6.07, 6.45) is 7.89. The number of aryl methyl sites for hydroxylation is 2. The minimum Gasteiger partial charge on any atom is -0.483 e. The molecule has 2 heterocycles. The lowest BCUT2D eigenvalue weighted by atomic mass is 10.1. The van der Waals surface area contributed by atoms with E-state index in [0.717, 1.165) is 11.4 Å². The number of hydrogen-bond acceptors (Lipinski definition) is 5. The number of amides is 1. The highest BCUT2D eigenvalue weighted by Crippen LogP contribution is 2.20. The molecule has 9 nitrogen and oxygen atoms in total. The molecule has 0 saturated heterocycles. The number of nitrogens with one attached hydrogen (secondary N) is 1. The van der Waals surface area contributed by atoms with Crippen molar-refractivity contribution in [2.45, 2.75) is 25.4 Å². The van der Waals surface area contributed by atoms with E-state index in [4.69, 9.17) is 9.90 Å². The van der Waals surface area contributed by atoms with E-state index in [1.807, 2.05) is 48.1 Å². The Hall–Kier alpha value is -3.49. The van der Waals surface area contributed by atoms with E-state index < -0.39 is 0 Å². The summed E-state index contributed by atoms with van der Waals surface area (Å²) in [7, 11) is 1.93. The van der Waals surface area contributed by atoms with Gasteiger partial charge in [-0.15, -0.1) is 0 Å². The average molecular weight is 370 g/mol. The van der Waals surface area contributed by atoms with Gasteiger partial charge in [-0.2, -0.15) is 5.10 Å². The standard InChI is InChI=1S/C17H20N6O.CH2O2/c1-22-11-9-19-17(22)16(14-6-3-2-4-7-14)21-15(24)8-5-10-23-13-18-12-20-23;2-1-3/h2-4,6-7,9,11-13,16H,5,8,10H2,1H3,(H,21,24);1H,(H,2,3). The summed E-state index contributed by atoms with van der Waals surface area (Å²) in [5.41, 5.74) is 1.01. The van der Waals surface area contributed by atoms with E-state index >= 15 is 0 Å². The zero-order chi connectivity index (χ0) is 19.5. The van der Waals surface area contributed by atoms with Crippen LogP contribution in [0.2, 0.25) is 0 Å². The smallest absolute Gasteiger partial charge is 0.290 e. The molecule has 0 aliphatic heterocycles. The molecule has 2 N–H and O–H groups in total. The Balaban J connectivity index is 0.000000817. The molecule has 0 saturated carbocycles.